The molecule has 0 aliphatic carbocycles. The van der Waals surface area contributed by atoms with Crippen LogP contribution in [0.15, 0.2) is 53.4 Å². The Morgan fingerprint density at radius 1 is 1.19 bits per heavy atom. The summed E-state index contributed by atoms with van der Waals surface area (Å²) < 4.78 is 41.3. The van der Waals surface area contributed by atoms with E-state index < -0.39 is 27.8 Å². The fraction of sp³-hybridized carbons (Fsp3) is 0.318. The van der Waals surface area contributed by atoms with Crippen LogP contribution in [-0.2, 0) is 10.0 Å². The minimum Gasteiger partial charge on any atom is -0.320 e. The van der Waals surface area contributed by atoms with E-state index in [-0.39, 0.29) is 9.90 Å². The summed E-state index contributed by atoms with van der Waals surface area (Å²) in [7, 11) is -3.71. The van der Waals surface area contributed by atoms with Gasteiger partial charge < -0.3 is 5.32 Å². The van der Waals surface area contributed by atoms with E-state index in [2.05, 4.69) is 29.4 Å². The highest BCUT2D eigenvalue weighted by Crippen LogP contribution is 2.38. The molecule has 32 heavy (non-hydrogen) atoms. The Labute approximate surface area is 190 Å². The molecule has 0 spiro atoms. The first-order chi connectivity index (χ1) is 15.3. The largest absolute Gasteiger partial charge is 0.320 e. The van der Waals surface area contributed by atoms with Gasteiger partial charge in [0.1, 0.15) is 10.8 Å². The first-order valence-corrected chi connectivity index (χ1v) is 12.5. The zero-order valence-corrected chi connectivity index (χ0v) is 19.3. The standard InChI is InChI=1S/C22H23FN4O3S2/c1-14(2)15-8-10-18(11-9-15)32(29,30)27-12-4-7-19(27)21-25-26-22(31-21)20(28)24-17-6-3-5-16(23)13-17/h3,5-6,8-11,13-14,19H,4,7,12H2,1-2H3,(H,24,28)/t19-/m1/s1. The summed E-state index contributed by atoms with van der Waals surface area (Å²) in [5.41, 5.74) is 1.38. The molecule has 1 N–H and O–H groups in total. The average Bonchev–Trinajstić information content (AvgIpc) is 3.43. The van der Waals surface area contributed by atoms with E-state index in [1.54, 1.807) is 18.2 Å². The summed E-state index contributed by atoms with van der Waals surface area (Å²) in [5.74, 6) is -0.672. The van der Waals surface area contributed by atoms with Crippen molar-refractivity contribution < 1.29 is 17.6 Å². The number of benzene rings is 2. The number of hydrogen-bond donors (Lipinski definition) is 1. The summed E-state index contributed by atoms with van der Waals surface area (Å²) in [6.07, 6.45) is 1.29. The van der Waals surface area contributed by atoms with Crippen LogP contribution < -0.4 is 5.32 Å². The van der Waals surface area contributed by atoms with Gasteiger partial charge in [-0.15, -0.1) is 10.2 Å². The molecule has 1 amide bonds. The van der Waals surface area contributed by atoms with Crippen LogP contribution in [0.2, 0.25) is 0 Å². The monoisotopic (exact) mass is 474 g/mol. The van der Waals surface area contributed by atoms with Crippen LogP contribution in [0.1, 0.15) is 59.0 Å². The fourth-order valence-electron chi connectivity index (χ4n) is 3.65. The van der Waals surface area contributed by atoms with E-state index in [9.17, 15) is 17.6 Å². The number of anilines is 1. The zero-order valence-electron chi connectivity index (χ0n) is 17.7. The third-order valence-corrected chi connectivity index (χ3v) is 8.31. The molecule has 2 heterocycles. The fourth-order valence-corrected chi connectivity index (χ4v) is 6.26. The first kappa shape index (κ1) is 22.5. The van der Waals surface area contributed by atoms with Crippen LogP contribution in [0.25, 0.3) is 0 Å². The number of sulfonamides is 1. The molecular formula is C22H23FN4O3S2. The maximum Gasteiger partial charge on any atom is 0.286 e. The lowest BCUT2D eigenvalue weighted by Gasteiger charge is -2.22. The number of nitrogens with one attached hydrogen (secondary N) is 1. The number of carbonyl (C=O) groups is 1. The zero-order chi connectivity index (χ0) is 22.9. The van der Waals surface area contributed by atoms with Gasteiger partial charge in [0.15, 0.2) is 0 Å². The van der Waals surface area contributed by atoms with Crippen LogP contribution in [0, 0.1) is 5.82 Å². The van der Waals surface area contributed by atoms with E-state index in [4.69, 9.17) is 0 Å². The van der Waals surface area contributed by atoms with Gasteiger partial charge in [-0.2, -0.15) is 4.31 Å². The van der Waals surface area contributed by atoms with E-state index in [1.165, 1.54) is 22.5 Å². The van der Waals surface area contributed by atoms with Gasteiger partial charge in [-0.1, -0.05) is 43.4 Å². The summed E-state index contributed by atoms with van der Waals surface area (Å²) in [4.78, 5) is 12.7. The number of aromatic nitrogens is 2. The lowest BCUT2D eigenvalue weighted by molar-refractivity contribution is 0.102. The van der Waals surface area contributed by atoms with E-state index in [0.717, 1.165) is 16.9 Å². The maximum absolute atomic E-state index is 13.3. The van der Waals surface area contributed by atoms with Crippen molar-refractivity contribution in [3.63, 3.8) is 0 Å². The topological polar surface area (TPSA) is 92.3 Å². The van der Waals surface area contributed by atoms with Crippen LogP contribution in [-0.4, -0.2) is 35.4 Å². The molecule has 0 bridgehead atoms. The third kappa shape index (κ3) is 4.57. The Bertz CT molecular complexity index is 1230. The molecule has 1 aliphatic rings. The predicted octanol–water partition coefficient (Wildman–Crippen LogP) is 4.58. The second-order valence-electron chi connectivity index (χ2n) is 7.91. The molecule has 7 nitrogen and oxygen atoms in total. The van der Waals surface area contributed by atoms with Gasteiger partial charge in [-0.05, 0) is 54.7 Å². The Kier molecular flexibility index (Phi) is 6.36. The second-order valence-corrected chi connectivity index (χ2v) is 10.8. The first-order valence-electron chi connectivity index (χ1n) is 10.3. The van der Waals surface area contributed by atoms with Crippen molar-refractivity contribution in [2.24, 2.45) is 0 Å². The molecular weight excluding hydrogens is 451 g/mol. The number of rotatable bonds is 6. The molecule has 1 aliphatic heterocycles. The number of amides is 1. The van der Waals surface area contributed by atoms with Gasteiger partial charge in [0.05, 0.1) is 10.9 Å². The van der Waals surface area contributed by atoms with Gasteiger partial charge >= 0.3 is 0 Å². The van der Waals surface area contributed by atoms with Gasteiger partial charge in [-0.3, -0.25) is 4.79 Å². The maximum atomic E-state index is 13.3. The Balaban J connectivity index is 1.53. The highest BCUT2D eigenvalue weighted by atomic mass is 32.2. The van der Waals surface area contributed by atoms with Crippen molar-refractivity contribution in [2.45, 2.75) is 43.5 Å². The average molecular weight is 475 g/mol. The lowest BCUT2D eigenvalue weighted by atomic mass is 10.0. The molecule has 1 atom stereocenters. The molecule has 10 heteroatoms. The van der Waals surface area contributed by atoms with Crippen LogP contribution in [0.4, 0.5) is 10.1 Å². The van der Waals surface area contributed by atoms with Crippen molar-refractivity contribution in [3.05, 3.63) is 69.9 Å². The molecule has 2 aromatic carbocycles. The van der Waals surface area contributed by atoms with Gasteiger partial charge in [0.2, 0.25) is 15.0 Å². The lowest BCUT2D eigenvalue weighted by Crippen LogP contribution is -2.30. The minimum absolute atomic E-state index is 0.0924. The summed E-state index contributed by atoms with van der Waals surface area (Å²) in [6.45, 7) is 4.48. The smallest absolute Gasteiger partial charge is 0.286 e. The highest BCUT2D eigenvalue weighted by Gasteiger charge is 2.38. The molecule has 1 saturated heterocycles. The quantitative estimate of drug-likeness (QED) is 0.565. The second kappa shape index (κ2) is 9.05. The highest BCUT2D eigenvalue weighted by molar-refractivity contribution is 7.89. The van der Waals surface area contributed by atoms with Crippen LogP contribution in [0.3, 0.4) is 0 Å². The van der Waals surface area contributed by atoms with Crippen molar-refractivity contribution >= 4 is 33.0 Å². The SMILES string of the molecule is CC(C)c1ccc(S(=O)(=O)N2CCC[C@@H]2c2nnc(C(=O)Nc3cccc(F)c3)s2)cc1. The molecule has 0 unspecified atom stereocenters. The summed E-state index contributed by atoms with van der Waals surface area (Å²) in [5, 5.41) is 11.2. The van der Waals surface area contributed by atoms with Gasteiger partial charge in [0.25, 0.3) is 5.91 Å². The predicted molar refractivity (Wildman–Crippen MR) is 121 cm³/mol. The molecule has 0 saturated carbocycles. The van der Waals surface area contributed by atoms with E-state index in [0.29, 0.717) is 36.0 Å². The van der Waals surface area contributed by atoms with Crippen LogP contribution >= 0.6 is 11.3 Å². The number of hydrogen-bond acceptors (Lipinski definition) is 6. The van der Waals surface area contributed by atoms with Gasteiger partial charge in [-0.25, -0.2) is 12.8 Å². The molecule has 168 valence electrons. The number of halogens is 1. The van der Waals surface area contributed by atoms with Crippen molar-refractivity contribution in [3.8, 4) is 0 Å². The Hall–Kier alpha value is -2.69. The van der Waals surface area contributed by atoms with E-state index >= 15 is 0 Å². The number of carbonyl (C=O) groups excluding carboxylic acids is 1. The van der Waals surface area contributed by atoms with Crippen molar-refractivity contribution in [2.75, 3.05) is 11.9 Å². The van der Waals surface area contributed by atoms with Crippen molar-refractivity contribution in [1.82, 2.24) is 14.5 Å². The minimum atomic E-state index is -3.71. The summed E-state index contributed by atoms with van der Waals surface area (Å²) in [6, 6.07) is 12.0. The molecule has 3 aromatic rings. The van der Waals surface area contributed by atoms with Gasteiger partial charge in [0, 0.05) is 12.2 Å². The summed E-state index contributed by atoms with van der Waals surface area (Å²) >= 11 is 1.05. The normalized spacial score (nSPS) is 17.1. The van der Waals surface area contributed by atoms with E-state index in [1.807, 2.05) is 12.1 Å². The Morgan fingerprint density at radius 3 is 2.62 bits per heavy atom. The molecule has 4 rings (SSSR count). The number of nitrogens with zero attached hydrogens (tertiary/aromatic N) is 3. The molecule has 1 fully saturated rings. The molecule has 1 aromatic heterocycles. The molecule has 0 radical (unpaired) electrons. The van der Waals surface area contributed by atoms with Crippen LogP contribution in [0.5, 0.6) is 0 Å². The van der Waals surface area contributed by atoms with Crippen molar-refractivity contribution in [1.29, 1.82) is 0 Å². The Morgan fingerprint density at radius 2 is 1.94 bits per heavy atom. The third-order valence-electron chi connectivity index (χ3n) is 5.36.